The van der Waals surface area contributed by atoms with Crippen molar-refractivity contribution in [2.75, 3.05) is 10.6 Å². The first-order valence-corrected chi connectivity index (χ1v) is 16.0. The average molecular weight is 623 g/mol. The van der Waals surface area contributed by atoms with Crippen molar-refractivity contribution in [3.8, 4) is 0 Å². The molecule has 0 heterocycles. The van der Waals surface area contributed by atoms with Gasteiger partial charge in [-0.3, -0.25) is 19.2 Å². The highest BCUT2D eigenvalue weighted by atomic mass is 16.2. The van der Waals surface area contributed by atoms with E-state index in [1.54, 1.807) is 48.5 Å². The van der Waals surface area contributed by atoms with Crippen LogP contribution in [-0.2, 0) is 6.42 Å². The molecule has 0 saturated heterocycles. The van der Waals surface area contributed by atoms with Crippen LogP contribution in [0, 0.1) is 0 Å². The summed E-state index contributed by atoms with van der Waals surface area (Å²) in [5, 5.41) is 5.71. The van der Waals surface area contributed by atoms with Crippen LogP contribution in [0.2, 0.25) is 0 Å². The van der Waals surface area contributed by atoms with Crippen molar-refractivity contribution < 1.29 is 19.2 Å². The van der Waals surface area contributed by atoms with E-state index in [0.717, 1.165) is 29.7 Å². The summed E-state index contributed by atoms with van der Waals surface area (Å²) in [5.74, 6) is -0.309. The minimum absolute atomic E-state index is 0.0337. The minimum Gasteiger partial charge on any atom is -0.322 e. The van der Waals surface area contributed by atoms with Gasteiger partial charge in [0.25, 0.3) is 11.8 Å². The molecule has 0 saturated carbocycles. The van der Waals surface area contributed by atoms with Crippen molar-refractivity contribution in [2.24, 2.45) is 0 Å². The van der Waals surface area contributed by atoms with Gasteiger partial charge in [0.15, 0.2) is 11.6 Å². The Morgan fingerprint density at radius 3 is 1.55 bits per heavy atom. The Hall–Kier alpha value is -5.62. The molecule has 5 rings (SSSR count). The first-order chi connectivity index (χ1) is 22.9. The SMILES string of the molecule is CCC(CC(=O)c1ccc(C(=O)Nc2ccccc2)cc1)c1cccc(CCCC(=O)c2ccc(C(=O)Nc3ccccc3)cc2)c1. The van der Waals surface area contributed by atoms with Crippen LogP contribution in [0.1, 0.15) is 91.1 Å². The highest BCUT2D eigenvalue weighted by Gasteiger charge is 2.17. The topological polar surface area (TPSA) is 92.3 Å². The van der Waals surface area contributed by atoms with E-state index < -0.39 is 0 Å². The number of Topliss-reactive ketones (excluding diaryl/α,β-unsaturated/α-hetero) is 2. The van der Waals surface area contributed by atoms with Gasteiger partial charge in [-0.05, 0) is 84.8 Å². The molecular weight excluding hydrogens is 584 g/mol. The maximum Gasteiger partial charge on any atom is 0.255 e. The molecule has 2 N–H and O–H groups in total. The van der Waals surface area contributed by atoms with Gasteiger partial charge in [0.2, 0.25) is 0 Å². The van der Waals surface area contributed by atoms with Gasteiger partial charge < -0.3 is 10.6 Å². The van der Waals surface area contributed by atoms with Crippen LogP contribution >= 0.6 is 0 Å². The first kappa shape index (κ1) is 32.8. The molecule has 47 heavy (non-hydrogen) atoms. The second kappa shape index (κ2) is 16.1. The molecule has 5 aromatic rings. The van der Waals surface area contributed by atoms with Crippen LogP contribution in [-0.4, -0.2) is 23.4 Å². The average Bonchev–Trinajstić information content (AvgIpc) is 3.11. The molecule has 6 nitrogen and oxygen atoms in total. The lowest BCUT2D eigenvalue weighted by Crippen LogP contribution is -2.12. The molecule has 0 bridgehead atoms. The van der Waals surface area contributed by atoms with E-state index in [2.05, 4.69) is 35.8 Å². The number of hydrogen-bond acceptors (Lipinski definition) is 4. The molecule has 0 aliphatic rings. The fraction of sp³-hybridized carbons (Fsp3) is 0.171. The van der Waals surface area contributed by atoms with Gasteiger partial charge in [-0.2, -0.15) is 0 Å². The van der Waals surface area contributed by atoms with Crippen molar-refractivity contribution in [1.29, 1.82) is 0 Å². The van der Waals surface area contributed by atoms with Crippen LogP contribution in [0.5, 0.6) is 0 Å². The molecule has 5 aromatic carbocycles. The van der Waals surface area contributed by atoms with Crippen LogP contribution in [0.15, 0.2) is 133 Å². The van der Waals surface area contributed by atoms with Gasteiger partial charge in [-0.25, -0.2) is 0 Å². The van der Waals surface area contributed by atoms with Crippen molar-refractivity contribution in [3.63, 3.8) is 0 Å². The summed E-state index contributed by atoms with van der Waals surface area (Å²) in [6, 6.07) is 40.4. The standard InChI is InChI=1S/C41H38N2O4/c1-2-30(28-39(45)32-21-25-34(26-22-32)41(47)43-37-16-7-4-8-17-37)35-13-9-11-29(27-35)12-10-18-38(44)31-19-23-33(24-20-31)40(46)42-36-14-5-3-6-15-36/h3-9,11,13-17,19-27,30H,2,10,12,18,28H2,1H3,(H,42,46)(H,43,47). The van der Waals surface area contributed by atoms with Crippen molar-refractivity contribution in [3.05, 3.63) is 167 Å². The summed E-state index contributed by atoms with van der Waals surface area (Å²) in [7, 11) is 0. The third kappa shape index (κ3) is 9.21. The lowest BCUT2D eigenvalue weighted by molar-refractivity contribution is 0.0966. The quantitative estimate of drug-likeness (QED) is 0.121. The number of benzene rings is 5. The Balaban J connectivity index is 1.11. The Morgan fingerprint density at radius 2 is 1.04 bits per heavy atom. The molecular formula is C41H38N2O4. The minimum atomic E-state index is -0.221. The van der Waals surface area contributed by atoms with Gasteiger partial charge >= 0.3 is 0 Å². The van der Waals surface area contributed by atoms with E-state index in [1.807, 2.05) is 66.7 Å². The van der Waals surface area contributed by atoms with Crippen molar-refractivity contribution >= 4 is 34.8 Å². The van der Waals surface area contributed by atoms with Crippen molar-refractivity contribution in [2.45, 2.75) is 44.9 Å². The Morgan fingerprint density at radius 1 is 0.553 bits per heavy atom. The molecule has 1 atom stereocenters. The predicted octanol–water partition coefficient (Wildman–Crippen LogP) is 9.16. The smallest absolute Gasteiger partial charge is 0.255 e. The highest BCUT2D eigenvalue weighted by molar-refractivity contribution is 6.06. The summed E-state index contributed by atoms with van der Waals surface area (Å²) in [4.78, 5) is 51.2. The van der Waals surface area contributed by atoms with E-state index in [-0.39, 0.29) is 29.3 Å². The molecule has 0 aliphatic heterocycles. The molecule has 0 aromatic heterocycles. The fourth-order valence-corrected chi connectivity index (χ4v) is 5.50. The lowest BCUT2D eigenvalue weighted by atomic mass is 9.88. The molecule has 0 fully saturated rings. The maximum absolute atomic E-state index is 13.2. The second-order valence-electron chi connectivity index (χ2n) is 11.5. The van der Waals surface area contributed by atoms with Crippen LogP contribution in [0.3, 0.4) is 0 Å². The first-order valence-electron chi connectivity index (χ1n) is 16.0. The number of hydrogen-bond donors (Lipinski definition) is 2. The third-order valence-corrected chi connectivity index (χ3v) is 8.22. The van der Waals surface area contributed by atoms with Gasteiger partial charge in [0.1, 0.15) is 0 Å². The Kier molecular flexibility index (Phi) is 11.2. The summed E-state index contributed by atoms with van der Waals surface area (Å²) >= 11 is 0. The number of amides is 2. The van der Waals surface area contributed by atoms with Gasteiger partial charge in [0.05, 0.1) is 0 Å². The zero-order valence-electron chi connectivity index (χ0n) is 26.4. The normalized spacial score (nSPS) is 11.3. The van der Waals surface area contributed by atoms with E-state index in [0.29, 0.717) is 47.2 Å². The summed E-state index contributed by atoms with van der Waals surface area (Å²) in [6.07, 6.45) is 3.01. The number of ketones is 2. The predicted molar refractivity (Wildman–Crippen MR) is 187 cm³/mol. The maximum atomic E-state index is 13.2. The number of para-hydroxylation sites is 2. The van der Waals surface area contributed by atoms with Crippen LogP contribution in [0.4, 0.5) is 11.4 Å². The molecule has 0 radical (unpaired) electrons. The summed E-state index contributed by atoms with van der Waals surface area (Å²) < 4.78 is 0. The highest BCUT2D eigenvalue weighted by Crippen LogP contribution is 2.27. The molecule has 6 heteroatoms. The van der Waals surface area contributed by atoms with E-state index >= 15 is 0 Å². The number of carbonyl (C=O) groups excluding carboxylic acids is 4. The molecule has 2 amide bonds. The molecule has 0 spiro atoms. The summed E-state index contributed by atoms with van der Waals surface area (Å²) in [6.45, 7) is 2.08. The van der Waals surface area contributed by atoms with Crippen molar-refractivity contribution in [1.82, 2.24) is 0 Å². The van der Waals surface area contributed by atoms with E-state index in [1.165, 1.54) is 0 Å². The zero-order valence-corrected chi connectivity index (χ0v) is 26.4. The van der Waals surface area contributed by atoms with Crippen LogP contribution < -0.4 is 10.6 Å². The van der Waals surface area contributed by atoms with Gasteiger partial charge in [0, 0.05) is 46.5 Å². The van der Waals surface area contributed by atoms with Gasteiger partial charge in [-0.15, -0.1) is 0 Å². The van der Waals surface area contributed by atoms with Gasteiger partial charge in [-0.1, -0.05) is 91.9 Å². The second-order valence-corrected chi connectivity index (χ2v) is 11.5. The zero-order chi connectivity index (χ0) is 33.0. The number of rotatable bonds is 14. The Bertz CT molecular complexity index is 1820. The number of carbonyl (C=O) groups is 4. The largest absolute Gasteiger partial charge is 0.322 e. The number of nitrogens with one attached hydrogen (secondary N) is 2. The molecule has 0 aliphatic carbocycles. The Labute approximate surface area is 275 Å². The van der Waals surface area contributed by atoms with E-state index in [4.69, 9.17) is 0 Å². The van der Waals surface area contributed by atoms with Crippen LogP contribution in [0.25, 0.3) is 0 Å². The fourth-order valence-electron chi connectivity index (χ4n) is 5.50. The molecule has 236 valence electrons. The summed E-state index contributed by atoms with van der Waals surface area (Å²) in [5.41, 5.74) is 5.82. The number of anilines is 2. The lowest BCUT2D eigenvalue weighted by Gasteiger charge is -2.16. The number of aryl methyl sites for hydroxylation is 1. The molecule has 1 unspecified atom stereocenters. The van der Waals surface area contributed by atoms with E-state index in [9.17, 15) is 19.2 Å². The monoisotopic (exact) mass is 622 g/mol. The third-order valence-electron chi connectivity index (χ3n) is 8.22.